The molecule has 2 aromatic heterocycles. The first-order valence-electron chi connectivity index (χ1n) is 8.62. The lowest BCUT2D eigenvalue weighted by Crippen LogP contribution is -2.39. The van der Waals surface area contributed by atoms with Crippen LogP contribution in [0.15, 0.2) is 18.6 Å². The fourth-order valence-electron chi connectivity index (χ4n) is 5.19. The van der Waals surface area contributed by atoms with E-state index in [1.54, 1.807) is 16.8 Å². The lowest BCUT2D eigenvalue weighted by Gasteiger charge is -2.37. The second kappa shape index (κ2) is 4.47. The van der Waals surface area contributed by atoms with Gasteiger partial charge in [-0.05, 0) is 25.7 Å². The van der Waals surface area contributed by atoms with E-state index < -0.39 is 22.7 Å². The molecule has 132 valence electrons. The van der Waals surface area contributed by atoms with E-state index in [1.165, 1.54) is 6.20 Å². The van der Waals surface area contributed by atoms with Crippen LogP contribution >= 0.6 is 0 Å². The number of rotatable bonds is 2. The highest BCUT2D eigenvalue weighted by atomic mass is 19.3. The first-order valence-corrected chi connectivity index (χ1v) is 8.62. The van der Waals surface area contributed by atoms with Gasteiger partial charge in [0.2, 0.25) is 0 Å². The molecule has 5 rings (SSSR count). The maximum Gasteiger partial charge on any atom is 0.356 e. The molecule has 0 unspecified atom stereocenters. The van der Waals surface area contributed by atoms with Crippen LogP contribution in [0.4, 0.5) is 14.6 Å². The Kier molecular flexibility index (Phi) is 2.69. The Hall–Kier alpha value is -2.25. The van der Waals surface area contributed by atoms with Crippen LogP contribution in [0.2, 0.25) is 0 Å². The smallest absolute Gasteiger partial charge is 0.356 e. The molecule has 8 heteroatoms. The number of nitrogens with zero attached hydrogens (tertiary/aromatic N) is 4. The minimum atomic E-state index is -2.53. The number of piperidine rings is 1. The number of aromatic carboxylic acids is 1. The quantitative estimate of drug-likeness (QED) is 0.904. The van der Waals surface area contributed by atoms with Crippen molar-refractivity contribution < 1.29 is 18.7 Å². The molecule has 1 N–H and O–H groups in total. The number of hydrogen-bond donors (Lipinski definition) is 1. The van der Waals surface area contributed by atoms with Crippen LogP contribution in [0.3, 0.4) is 0 Å². The number of hydrogen-bond acceptors (Lipinski definition) is 4. The van der Waals surface area contributed by atoms with Gasteiger partial charge in [-0.1, -0.05) is 6.42 Å². The van der Waals surface area contributed by atoms with E-state index in [2.05, 4.69) is 9.97 Å². The number of carboxylic acid groups (broad SMARTS) is 1. The largest absolute Gasteiger partial charge is 0.476 e. The van der Waals surface area contributed by atoms with Crippen molar-refractivity contribution in [1.29, 1.82) is 0 Å². The molecule has 3 fully saturated rings. The van der Waals surface area contributed by atoms with E-state index in [9.17, 15) is 13.6 Å². The van der Waals surface area contributed by atoms with Gasteiger partial charge in [0.1, 0.15) is 0 Å². The summed E-state index contributed by atoms with van der Waals surface area (Å²) in [4.78, 5) is 21.6. The van der Waals surface area contributed by atoms with E-state index in [0.29, 0.717) is 50.2 Å². The van der Waals surface area contributed by atoms with Gasteiger partial charge in [-0.2, -0.15) is 0 Å². The van der Waals surface area contributed by atoms with Crippen LogP contribution in [-0.2, 0) is 0 Å². The topological polar surface area (TPSA) is 70.7 Å². The number of halogens is 2. The monoisotopic (exact) mass is 348 g/mol. The van der Waals surface area contributed by atoms with Gasteiger partial charge in [0.25, 0.3) is 5.92 Å². The average molecular weight is 348 g/mol. The molecule has 2 aliphatic carbocycles. The summed E-state index contributed by atoms with van der Waals surface area (Å²) in [6.07, 6.45) is 7.78. The highest BCUT2D eigenvalue weighted by Crippen LogP contribution is 2.85. The molecule has 3 aliphatic rings. The highest BCUT2D eigenvalue weighted by molar-refractivity contribution is 5.87. The molecule has 6 nitrogen and oxygen atoms in total. The van der Waals surface area contributed by atoms with Gasteiger partial charge in [0.15, 0.2) is 17.2 Å². The fourth-order valence-corrected chi connectivity index (χ4v) is 5.19. The van der Waals surface area contributed by atoms with E-state index in [-0.39, 0.29) is 5.69 Å². The highest BCUT2D eigenvalue weighted by Gasteiger charge is 2.91. The predicted octanol–water partition coefficient (Wildman–Crippen LogP) is 2.83. The van der Waals surface area contributed by atoms with Gasteiger partial charge < -0.3 is 14.4 Å². The Labute approximate surface area is 142 Å². The lowest BCUT2D eigenvalue weighted by molar-refractivity contribution is 0.0203. The summed E-state index contributed by atoms with van der Waals surface area (Å²) in [5.74, 6) is -3.07. The Bertz CT molecular complexity index is 882. The van der Waals surface area contributed by atoms with Crippen LogP contribution in [0, 0.1) is 10.8 Å². The van der Waals surface area contributed by atoms with Crippen molar-refractivity contribution in [3.63, 3.8) is 0 Å². The van der Waals surface area contributed by atoms with E-state index in [4.69, 9.17) is 5.11 Å². The third kappa shape index (κ3) is 1.60. The zero-order valence-corrected chi connectivity index (χ0v) is 13.6. The van der Waals surface area contributed by atoms with Gasteiger partial charge in [-0.3, -0.25) is 0 Å². The van der Waals surface area contributed by atoms with Crippen molar-refractivity contribution in [3.8, 4) is 0 Å². The minimum absolute atomic E-state index is 0.0510. The Morgan fingerprint density at radius 3 is 2.40 bits per heavy atom. The number of anilines is 1. The maximum atomic E-state index is 14.5. The number of fused-ring (bicyclic) bond motifs is 2. The molecule has 2 aromatic rings. The van der Waals surface area contributed by atoms with Crippen molar-refractivity contribution in [3.05, 3.63) is 24.3 Å². The molecule has 25 heavy (non-hydrogen) atoms. The van der Waals surface area contributed by atoms with Gasteiger partial charge in [-0.25, -0.2) is 23.5 Å². The maximum absolute atomic E-state index is 14.5. The lowest BCUT2D eigenvalue weighted by atomic mass is 9.72. The number of carboxylic acids is 1. The molecular formula is C17H18F2N4O2. The van der Waals surface area contributed by atoms with Crippen molar-refractivity contribution in [1.82, 2.24) is 14.4 Å². The normalized spacial score (nSPS) is 25.3. The zero-order chi connectivity index (χ0) is 17.4. The summed E-state index contributed by atoms with van der Waals surface area (Å²) in [7, 11) is 0. The predicted molar refractivity (Wildman–Crippen MR) is 85.1 cm³/mol. The van der Waals surface area contributed by atoms with Gasteiger partial charge >= 0.3 is 5.97 Å². The Balaban J connectivity index is 1.43. The average Bonchev–Trinajstić information content (AvgIpc) is 2.86. The molecule has 1 aliphatic heterocycles. The van der Waals surface area contributed by atoms with Crippen molar-refractivity contribution >= 4 is 17.4 Å². The molecule has 0 aromatic carbocycles. The van der Waals surface area contributed by atoms with E-state index >= 15 is 0 Å². The number of carbonyl (C=O) groups is 1. The summed E-state index contributed by atoms with van der Waals surface area (Å²) in [5, 5.41) is 9.12. The SMILES string of the molecule is O=C(O)c1cn2ccnc(N3CCC4(CC3)C(F)(F)C43CCC3)c2n1. The van der Waals surface area contributed by atoms with Gasteiger partial charge in [0, 0.05) is 42.5 Å². The van der Waals surface area contributed by atoms with Crippen LogP contribution in [0.1, 0.15) is 42.6 Å². The molecular weight excluding hydrogens is 330 g/mol. The van der Waals surface area contributed by atoms with Gasteiger partial charge in [0.05, 0.1) is 0 Å². The van der Waals surface area contributed by atoms with Crippen molar-refractivity contribution in [2.45, 2.75) is 38.0 Å². The van der Waals surface area contributed by atoms with Crippen LogP contribution in [-0.4, -0.2) is 44.5 Å². The fraction of sp³-hybridized carbons (Fsp3) is 0.588. The van der Waals surface area contributed by atoms with Crippen LogP contribution < -0.4 is 4.90 Å². The minimum Gasteiger partial charge on any atom is -0.476 e. The second-order valence-electron chi connectivity index (χ2n) is 7.49. The Morgan fingerprint density at radius 2 is 1.84 bits per heavy atom. The van der Waals surface area contributed by atoms with E-state index in [1.807, 2.05) is 4.90 Å². The summed E-state index contributed by atoms with van der Waals surface area (Å²) in [6, 6.07) is 0. The summed E-state index contributed by atoms with van der Waals surface area (Å²) in [6.45, 7) is 0.999. The molecule has 0 radical (unpaired) electrons. The summed E-state index contributed by atoms with van der Waals surface area (Å²) >= 11 is 0. The molecule has 0 bridgehead atoms. The summed E-state index contributed by atoms with van der Waals surface area (Å²) < 4.78 is 30.7. The van der Waals surface area contributed by atoms with Crippen LogP contribution in [0.5, 0.6) is 0 Å². The molecule has 2 spiro atoms. The van der Waals surface area contributed by atoms with E-state index in [0.717, 1.165) is 6.42 Å². The third-order valence-electron chi connectivity index (χ3n) is 6.75. The standard InChI is InChI=1S/C17H18F2N4O2/c18-17(19)15(2-1-3-15)16(17)4-7-22(8-5-16)12-13-21-11(14(24)25)10-23(13)9-6-20-12/h6,9-10H,1-5,7-8H2,(H,24,25). The molecule has 2 saturated carbocycles. The van der Waals surface area contributed by atoms with Gasteiger partial charge in [-0.15, -0.1) is 0 Å². The molecule has 1 saturated heterocycles. The second-order valence-corrected chi connectivity index (χ2v) is 7.49. The number of aromatic nitrogens is 3. The first-order chi connectivity index (χ1) is 11.9. The number of imidazole rings is 1. The number of alkyl halides is 2. The molecule has 0 amide bonds. The van der Waals surface area contributed by atoms with Crippen molar-refractivity contribution in [2.75, 3.05) is 18.0 Å². The first kappa shape index (κ1) is 15.0. The molecule has 0 atom stereocenters. The summed E-state index contributed by atoms with van der Waals surface area (Å²) in [5.41, 5.74) is -1.17. The van der Waals surface area contributed by atoms with Crippen molar-refractivity contribution in [2.24, 2.45) is 10.8 Å². The Morgan fingerprint density at radius 1 is 1.16 bits per heavy atom. The zero-order valence-electron chi connectivity index (χ0n) is 13.6. The molecule has 3 heterocycles. The van der Waals surface area contributed by atoms with Crippen LogP contribution in [0.25, 0.3) is 5.65 Å². The third-order valence-corrected chi connectivity index (χ3v) is 6.75.